The fourth-order valence-corrected chi connectivity index (χ4v) is 1.04. The quantitative estimate of drug-likeness (QED) is 0.658. The first-order valence-corrected chi connectivity index (χ1v) is 4.89. The topological polar surface area (TPSA) is 49.3 Å². The molecule has 0 saturated carbocycles. The molecule has 0 aliphatic heterocycles. The highest BCUT2D eigenvalue weighted by atomic mass is 16.3. The van der Waals surface area contributed by atoms with Crippen molar-refractivity contribution in [3.05, 3.63) is 0 Å². The second-order valence-electron chi connectivity index (χ2n) is 4.16. The van der Waals surface area contributed by atoms with Crippen LogP contribution in [-0.4, -0.2) is 24.2 Å². The maximum atomic E-state index is 11.1. The minimum Gasteiger partial charge on any atom is -0.396 e. The van der Waals surface area contributed by atoms with Crippen LogP contribution in [0.5, 0.6) is 0 Å². The molecule has 1 amide bonds. The van der Waals surface area contributed by atoms with E-state index in [0.29, 0.717) is 13.0 Å². The number of rotatable bonds is 6. The number of amides is 1. The molecule has 0 unspecified atom stereocenters. The molecule has 0 aliphatic carbocycles. The summed E-state index contributed by atoms with van der Waals surface area (Å²) in [6.07, 6.45) is 2.20. The molecular weight excluding hydrogens is 166 g/mol. The Morgan fingerprint density at radius 1 is 1.46 bits per heavy atom. The molecule has 0 heterocycles. The minimum atomic E-state index is -0.00183. The summed E-state index contributed by atoms with van der Waals surface area (Å²) in [4.78, 5) is 11.1. The molecule has 78 valence electrons. The van der Waals surface area contributed by atoms with E-state index in [9.17, 15) is 4.79 Å². The lowest BCUT2D eigenvalue weighted by Gasteiger charge is -2.23. The highest BCUT2D eigenvalue weighted by Crippen LogP contribution is 2.17. The van der Waals surface area contributed by atoms with Gasteiger partial charge in [-0.15, -0.1) is 0 Å². The zero-order valence-corrected chi connectivity index (χ0v) is 8.89. The normalized spacial score (nSPS) is 11.4. The second kappa shape index (κ2) is 5.97. The van der Waals surface area contributed by atoms with Gasteiger partial charge in [-0.25, -0.2) is 0 Å². The molecule has 0 fully saturated rings. The number of nitrogens with one attached hydrogen (secondary N) is 1. The van der Waals surface area contributed by atoms with E-state index in [1.165, 1.54) is 0 Å². The van der Waals surface area contributed by atoms with Crippen molar-refractivity contribution in [2.75, 3.05) is 13.2 Å². The highest BCUT2D eigenvalue weighted by Gasteiger charge is 2.17. The fraction of sp³-hybridized carbons (Fsp3) is 0.900. The molecule has 3 nitrogen and oxygen atoms in total. The van der Waals surface area contributed by atoms with Crippen molar-refractivity contribution in [1.29, 1.82) is 0 Å². The Balaban J connectivity index is 3.67. The predicted octanol–water partition coefficient (Wildman–Crippen LogP) is 1.31. The maximum Gasteiger partial charge on any atom is 0.220 e. The molecule has 0 spiro atoms. The van der Waals surface area contributed by atoms with Crippen molar-refractivity contribution in [2.24, 2.45) is 5.41 Å². The first-order valence-electron chi connectivity index (χ1n) is 4.89. The first-order chi connectivity index (χ1) is 6.02. The number of hydrogen-bond donors (Lipinski definition) is 2. The fourth-order valence-electron chi connectivity index (χ4n) is 1.04. The molecule has 0 aromatic rings. The van der Waals surface area contributed by atoms with Crippen LogP contribution in [0.4, 0.5) is 0 Å². The first kappa shape index (κ1) is 12.4. The Kier molecular flexibility index (Phi) is 5.71. The smallest absolute Gasteiger partial charge is 0.220 e. The van der Waals surface area contributed by atoms with Gasteiger partial charge in [0, 0.05) is 19.6 Å². The molecular formula is C10H21NO2. The molecule has 0 bridgehead atoms. The molecule has 13 heavy (non-hydrogen) atoms. The third kappa shape index (κ3) is 6.58. The van der Waals surface area contributed by atoms with Gasteiger partial charge in [-0.2, -0.15) is 0 Å². The summed E-state index contributed by atoms with van der Waals surface area (Å²) in [5, 5.41) is 11.6. The van der Waals surface area contributed by atoms with Crippen LogP contribution in [-0.2, 0) is 4.79 Å². The SMILES string of the molecule is CCCC(=O)NCC(C)(C)CCO. The van der Waals surface area contributed by atoms with Crippen LogP contribution in [0, 0.1) is 5.41 Å². The van der Waals surface area contributed by atoms with Crippen LogP contribution >= 0.6 is 0 Å². The predicted molar refractivity (Wildman–Crippen MR) is 53.4 cm³/mol. The number of hydrogen-bond acceptors (Lipinski definition) is 2. The summed E-state index contributed by atoms with van der Waals surface area (Å²) in [7, 11) is 0. The molecule has 0 atom stereocenters. The van der Waals surface area contributed by atoms with Crippen molar-refractivity contribution in [2.45, 2.75) is 40.0 Å². The van der Waals surface area contributed by atoms with Gasteiger partial charge in [-0.3, -0.25) is 4.79 Å². The average molecular weight is 187 g/mol. The Bertz CT molecular complexity index is 155. The third-order valence-electron chi connectivity index (χ3n) is 2.03. The lowest BCUT2D eigenvalue weighted by molar-refractivity contribution is -0.121. The summed E-state index contributed by atoms with van der Waals surface area (Å²) < 4.78 is 0. The lowest BCUT2D eigenvalue weighted by atomic mass is 9.90. The average Bonchev–Trinajstić information content (AvgIpc) is 2.02. The molecule has 0 radical (unpaired) electrons. The monoisotopic (exact) mass is 187 g/mol. The molecule has 0 saturated heterocycles. The lowest BCUT2D eigenvalue weighted by Crippen LogP contribution is -2.34. The van der Waals surface area contributed by atoms with Crippen LogP contribution in [0.25, 0.3) is 0 Å². The summed E-state index contributed by atoms with van der Waals surface area (Å²) >= 11 is 0. The van der Waals surface area contributed by atoms with Gasteiger partial charge in [0.25, 0.3) is 0 Å². The molecule has 0 aromatic carbocycles. The van der Waals surface area contributed by atoms with Gasteiger partial charge in [0.15, 0.2) is 0 Å². The Hall–Kier alpha value is -0.570. The van der Waals surface area contributed by atoms with Gasteiger partial charge in [-0.1, -0.05) is 20.8 Å². The van der Waals surface area contributed by atoms with E-state index in [0.717, 1.165) is 12.8 Å². The highest BCUT2D eigenvalue weighted by molar-refractivity contribution is 5.75. The summed E-state index contributed by atoms with van der Waals surface area (Å²) in [6.45, 7) is 6.88. The number of aliphatic hydroxyl groups excluding tert-OH is 1. The van der Waals surface area contributed by atoms with Gasteiger partial charge in [0.05, 0.1) is 0 Å². The third-order valence-corrected chi connectivity index (χ3v) is 2.03. The van der Waals surface area contributed by atoms with Crippen molar-refractivity contribution >= 4 is 5.91 Å². The van der Waals surface area contributed by atoms with Crippen LogP contribution < -0.4 is 5.32 Å². The molecule has 0 aromatic heterocycles. The number of aliphatic hydroxyl groups is 1. The van der Waals surface area contributed by atoms with Gasteiger partial charge in [0.1, 0.15) is 0 Å². The number of carbonyl (C=O) groups is 1. The van der Waals surface area contributed by atoms with E-state index in [-0.39, 0.29) is 17.9 Å². The Morgan fingerprint density at radius 3 is 2.54 bits per heavy atom. The van der Waals surface area contributed by atoms with E-state index in [1.807, 2.05) is 20.8 Å². The summed E-state index contributed by atoms with van der Waals surface area (Å²) in [6, 6.07) is 0. The standard InChI is InChI=1S/C10H21NO2/c1-4-5-9(13)11-8-10(2,3)6-7-12/h12H,4-8H2,1-3H3,(H,11,13). The molecule has 0 aliphatic rings. The summed E-state index contributed by atoms with van der Waals surface area (Å²) in [5.41, 5.74) is -0.00183. The zero-order valence-electron chi connectivity index (χ0n) is 8.89. The maximum absolute atomic E-state index is 11.1. The van der Waals surface area contributed by atoms with Crippen molar-refractivity contribution < 1.29 is 9.90 Å². The van der Waals surface area contributed by atoms with Crippen molar-refractivity contribution in [3.8, 4) is 0 Å². The Labute approximate surface area is 80.5 Å². The number of carbonyl (C=O) groups excluding carboxylic acids is 1. The van der Waals surface area contributed by atoms with Crippen molar-refractivity contribution in [1.82, 2.24) is 5.32 Å². The molecule has 0 rings (SSSR count). The van der Waals surface area contributed by atoms with Gasteiger partial charge in [0.2, 0.25) is 5.91 Å². The van der Waals surface area contributed by atoms with Gasteiger partial charge >= 0.3 is 0 Å². The van der Waals surface area contributed by atoms with E-state index in [4.69, 9.17) is 5.11 Å². The van der Waals surface area contributed by atoms with Gasteiger partial charge < -0.3 is 10.4 Å². The largest absolute Gasteiger partial charge is 0.396 e. The van der Waals surface area contributed by atoms with E-state index < -0.39 is 0 Å². The Morgan fingerprint density at radius 2 is 2.08 bits per heavy atom. The van der Waals surface area contributed by atoms with Crippen LogP contribution in [0.1, 0.15) is 40.0 Å². The van der Waals surface area contributed by atoms with E-state index in [1.54, 1.807) is 0 Å². The van der Waals surface area contributed by atoms with Crippen LogP contribution in [0.3, 0.4) is 0 Å². The van der Waals surface area contributed by atoms with E-state index in [2.05, 4.69) is 5.32 Å². The van der Waals surface area contributed by atoms with Crippen LogP contribution in [0.15, 0.2) is 0 Å². The molecule has 2 N–H and O–H groups in total. The molecule has 3 heteroatoms. The van der Waals surface area contributed by atoms with Gasteiger partial charge in [-0.05, 0) is 18.3 Å². The minimum absolute atomic E-state index is 0.00183. The second-order valence-corrected chi connectivity index (χ2v) is 4.16. The summed E-state index contributed by atoms with van der Waals surface area (Å²) in [5.74, 6) is 0.105. The zero-order chi connectivity index (χ0) is 10.3. The van der Waals surface area contributed by atoms with Crippen LogP contribution in [0.2, 0.25) is 0 Å². The van der Waals surface area contributed by atoms with E-state index >= 15 is 0 Å². The van der Waals surface area contributed by atoms with Crippen molar-refractivity contribution in [3.63, 3.8) is 0 Å².